The molecule has 21 heavy (non-hydrogen) atoms. The van der Waals surface area contributed by atoms with Crippen LogP contribution < -0.4 is 10.1 Å². The molecule has 0 aromatic heterocycles. The van der Waals surface area contributed by atoms with Crippen molar-refractivity contribution in [2.45, 2.75) is 19.7 Å². The van der Waals surface area contributed by atoms with Gasteiger partial charge in [0.25, 0.3) is 0 Å². The normalized spacial score (nSPS) is 11.2. The molecule has 0 heterocycles. The summed E-state index contributed by atoms with van der Waals surface area (Å²) < 4.78 is 40.1. The number of anilines is 1. The molecule has 112 valence electrons. The SMILES string of the molecule is CCCNc1ccc(-c2ccc(OC(F)(F)F)cc2)cc1. The topological polar surface area (TPSA) is 21.3 Å². The van der Waals surface area contributed by atoms with Gasteiger partial charge in [-0.1, -0.05) is 31.2 Å². The predicted octanol–water partition coefficient (Wildman–Crippen LogP) is 5.07. The Labute approximate surface area is 121 Å². The van der Waals surface area contributed by atoms with E-state index in [1.807, 2.05) is 24.3 Å². The maximum absolute atomic E-state index is 12.1. The van der Waals surface area contributed by atoms with Gasteiger partial charge in [0.1, 0.15) is 5.75 Å². The first-order valence-corrected chi connectivity index (χ1v) is 6.68. The quantitative estimate of drug-likeness (QED) is 0.831. The molecule has 0 aliphatic carbocycles. The third-order valence-corrected chi connectivity index (χ3v) is 2.89. The second-order valence-electron chi connectivity index (χ2n) is 4.58. The van der Waals surface area contributed by atoms with Crippen LogP contribution >= 0.6 is 0 Å². The van der Waals surface area contributed by atoms with Crippen LogP contribution in [0, 0.1) is 0 Å². The first-order chi connectivity index (χ1) is 9.98. The van der Waals surface area contributed by atoms with E-state index in [1.165, 1.54) is 12.1 Å². The Bertz CT molecular complexity index is 562. The number of hydrogen-bond donors (Lipinski definition) is 1. The Kier molecular flexibility index (Phi) is 4.73. The molecule has 0 unspecified atom stereocenters. The number of halogens is 3. The summed E-state index contributed by atoms with van der Waals surface area (Å²) >= 11 is 0. The molecule has 2 aromatic carbocycles. The Morgan fingerprint density at radius 2 is 1.43 bits per heavy atom. The van der Waals surface area contributed by atoms with Crippen molar-refractivity contribution in [1.29, 1.82) is 0 Å². The average Bonchev–Trinajstić information content (AvgIpc) is 2.45. The maximum atomic E-state index is 12.1. The van der Waals surface area contributed by atoms with Gasteiger partial charge in [0, 0.05) is 12.2 Å². The fraction of sp³-hybridized carbons (Fsp3) is 0.250. The van der Waals surface area contributed by atoms with Crippen LogP contribution in [0.25, 0.3) is 11.1 Å². The Hall–Kier alpha value is -2.17. The molecule has 1 N–H and O–H groups in total. The molecule has 0 saturated carbocycles. The van der Waals surface area contributed by atoms with Gasteiger partial charge in [-0.05, 0) is 41.8 Å². The smallest absolute Gasteiger partial charge is 0.406 e. The van der Waals surface area contributed by atoms with Crippen LogP contribution in [0.1, 0.15) is 13.3 Å². The average molecular weight is 295 g/mol. The molecule has 0 aliphatic rings. The number of rotatable bonds is 5. The monoisotopic (exact) mass is 295 g/mol. The van der Waals surface area contributed by atoms with Crippen LogP contribution in [0.3, 0.4) is 0 Å². The summed E-state index contributed by atoms with van der Waals surface area (Å²) in [6, 6.07) is 13.6. The highest BCUT2D eigenvalue weighted by Crippen LogP contribution is 2.27. The van der Waals surface area contributed by atoms with Gasteiger partial charge in [-0.3, -0.25) is 0 Å². The molecule has 2 aromatic rings. The number of hydrogen-bond acceptors (Lipinski definition) is 2. The van der Waals surface area contributed by atoms with E-state index in [0.717, 1.165) is 29.8 Å². The molecule has 0 spiro atoms. The van der Waals surface area contributed by atoms with Crippen LogP contribution in [0.15, 0.2) is 48.5 Å². The molecule has 5 heteroatoms. The van der Waals surface area contributed by atoms with Gasteiger partial charge >= 0.3 is 6.36 Å². The summed E-state index contributed by atoms with van der Waals surface area (Å²) in [7, 11) is 0. The van der Waals surface area contributed by atoms with Gasteiger partial charge in [0.2, 0.25) is 0 Å². The maximum Gasteiger partial charge on any atom is 0.573 e. The van der Waals surface area contributed by atoms with Crippen LogP contribution in [-0.4, -0.2) is 12.9 Å². The van der Waals surface area contributed by atoms with Crippen LogP contribution in [0.2, 0.25) is 0 Å². The van der Waals surface area contributed by atoms with Gasteiger partial charge in [-0.15, -0.1) is 13.2 Å². The molecule has 0 fully saturated rings. The minimum atomic E-state index is -4.66. The number of ether oxygens (including phenoxy) is 1. The van der Waals surface area contributed by atoms with Gasteiger partial charge in [0.15, 0.2) is 0 Å². The molecule has 0 atom stereocenters. The lowest BCUT2D eigenvalue weighted by Gasteiger charge is -2.10. The molecule has 0 saturated heterocycles. The second kappa shape index (κ2) is 6.52. The lowest BCUT2D eigenvalue weighted by Crippen LogP contribution is -2.16. The van der Waals surface area contributed by atoms with Crippen molar-refractivity contribution in [1.82, 2.24) is 0 Å². The zero-order chi connectivity index (χ0) is 15.3. The molecule has 2 nitrogen and oxygen atoms in total. The minimum absolute atomic E-state index is 0.215. The van der Waals surface area contributed by atoms with Crippen molar-refractivity contribution >= 4 is 5.69 Å². The van der Waals surface area contributed by atoms with E-state index in [2.05, 4.69) is 17.0 Å². The zero-order valence-corrected chi connectivity index (χ0v) is 11.6. The van der Waals surface area contributed by atoms with Gasteiger partial charge in [-0.2, -0.15) is 0 Å². The third kappa shape index (κ3) is 4.70. The molecular formula is C16H16F3NO. The van der Waals surface area contributed by atoms with Crippen molar-refractivity contribution in [3.63, 3.8) is 0 Å². The highest BCUT2D eigenvalue weighted by atomic mass is 19.4. The van der Waals surface area contributed by atoms with Gasteiger partial charge in [0.05, 0.1) is 0 Å². The zero-order valence-electron chi connectivity index (χ0n) is 11.6. The summed E-state index contributed by atoms with van der Waals surface area (Å²) in [5.74, 6) is -0.215. The van der Waals surface area contributed by atoms with Crippen molar-refractivity contribution in [3.05, 3.63) is 48.5 Å². The van der Waals surface area contributed by atoms with E-state index in [4.69, 9.17) is 0 Å². The molecular weight excluding hydrogens is 279 g/mol. The van der Waals surface area contributed by atoms with E-state index >= 15 is 0 Å². The van der Waals surface area contributed by atoms with Crippen molar-refractivity contribution in [2.24, 2.45) is 0 Å². The van der Waals surface area contributed by atoms with E-state index in [-0.39, 0.29) is 5.75 Å². The summed E-state index contributed by atoms with van der Waals surface area (Å²) in [6.07, 6.45) is -3.61. The second-order valence-corrected chi connectivity index (χ2v) is 4.58. The number of alkyl halides is 3. The van der Waals surface area contributed by atoms with Gasteiger partial charge < -0.3 is 10.1 Å². The molecule has 0 amide bonds. The third-order valence-electron chi connectivity index (χ3n) is 2.89. The minimum Gasteiger partial charge on any atom is -0.406 e. The van der Waals surface area contributed by atoms with E-state index < -0.39 is 6.36 Å². The lowest BCUT2D eigenvalue weighted by atomic mass is 10.1. The summed E-state index contributed by atoms with van der Waals surface area (Å²) in [4.78, 5) is 0. The molecule has 0 aliphatic heterocycles. The fourth-order valence-electron chi connectivity index (χ4n) is 1.90. The van der Waals surface area contributed by atoms with Crippen molar-refractivity contribution < 1.29 is 17.9 Å². The summed E-state index contributed by atoms with van der Waals surface area (Å²) in [5, 5.41) is 3.26. The highest BCUT2D eigenvalue weighted by molar-refractivity contribution is 5.66. The Balaban J connectivity index is 2.08. The van der Waals surface area contributed by atoms with E-state index in [9.17, 15) is 13.2 Å². The predicted molar refractivity (Wildman–Crippen MR) is 77.3 cm³/mol. The van der Waals surface area contributed by atoms with Crippen LogP contribution in [0.5, 0.6) is 5.75 Å². The lowest BCUT2D eigenvalue weighted by molar-refractivity contribution is -0.274. The molecule has 2 rings (SSSR count). The summed E-state index contributed by atoms with van der Waals surface area (Å²) in [6.45, 7) is 2.99. The van der Waals surface area contributed by atoms with E-state index in [0.29, 0.717) is 0 Å². The first-order valence-electron chi connectivity index (χ1n) is 6.68. The van der Waals surface area contributed by atoms with Crippen molar-refractivity contribution in [3.8, 4) is 16.9 Å². The van der Waals surface area contributed by atoms with Crippen LogP contribution in [-0.2, 0) is 0 Å². The standard InChI is InChI=1S/C16H16F3NO/c1-2-11-20-14-7-3-12(4-8-14)13-5-9-15(10-6-13)21-16(17,18)19/h3-10,20H,2,11H2,1H3. The van der Waals surface area contributed by atoms with Crippen LogP contribution in [0.4, 0.5) is 18.9 Å². The molecule has 0 bridgehead atoms. The summed E-state index contributed by atoms with van der Waals surface area (Å²) in [5.41, 5.74) is 2.81. The van der Waals surface area contributed by atoms with Crippen molar-refractivity contribution in [2.75, 3.05) is 11.9 Å². The molecule has 0 radical (unpaired) electrons. The Morgan fingerprint density at radius 1 is 0.905 bits per heavy atom. The largest absolute Gasteiger partial charge is 0.573 e. The fourth-order valence-corrected chi connectivity index (χ4v) is 1.90. The van der Waals surface area contributed by atoms with E-state index in [1.54, 1.807) is 12.1 Å². The number of nitrogens with one attached hydrogen (secondary N) is 1. The highest BCUT2D eigenvalue weighted by Gasteiger charge is 2.30. The Morgan fingerprint density at radius 3 is 1.90 bits per heavy atom. The number of benzene rings is 2. The first kappa shape index (κ1) is 15.2. The van der Waals surface area contributed by atoms with Gasteiger partial charge in [-0.25, -0.2) is 0 Å².